The molecule has 1 aliphatic heterocycles. The predicted octanol–water partition coefficient (Wildman–Crippen LogP) is 2.77. The van der Waals surface area contributed by atoms with Gasteiger partial charge in [-0.3, -0.25) is 5.32 Å². The number of carbonyl (C=O) groups excluding carboxylic acids is 1. The summed E-state index contributed by atoms with van der Waals surface area (Å²) < 4.78 is 5.34. The molecule has 1 saturated heterocycles. The Morgan fingerprint density at radius 1 is 1.33 bits per heavy atom. The van der Waals surface area contributed by atoms with E-state index in [1.54, 1.807) is 0 Å². The van der Waals surface area contributed by atoms with Gasteiger partial charge in [0.2, 0.25) is 5.13 Å². The topological polar surface area (TPSA) is 76.1 Å². The molecule has 2 N–H and O–H groups in total. The van der Waals surface area contributed by atoms with Crippen LogP contribution in [0.1, 0.15) is 45.5 Å². The highest BCUT2D eigenvalue weighted by atomic mass is 32.1. The van der Waals surface area contributed by atoms with E-state index in [9.17, 15) is 4.79 Å². The van der Waals surface area contributed by atoms with Gasteiger partial charge in [0.15, 0.2) is 0 Å². The summed E-state index contributed by atoms with van der Waals surface area (Å²) >= 11 is 1.42. The van der Waals surface area contributed by atoms with Crippen LogP contribution < -0.4 is 10.6 Å². The maximum atomic E-state index is 12.0. The second kappa shape index (κ2) is 6.70. The van der Waals surface area contributed by atoms with Gasteiger partial charge in [-0.15, -0.1) is 10.2 Å². The Balaban J connectivity index is 1.85. The van der Waals surface area contributed by atoms with Gasteiger partial charge in [-0.1, -0.05) is 32.1 Å². The highest BCUT2D eigenvalue weighted by Gasteiger charge is 2.23. The lowest BCUT2D eigenvalue weighted by atomic mass is 9.93. The molecule has 21 heavy (non-hydrogen) atoms. The van der Waals surface area contributed by atoms with Crippen LogP contribution in [0.4, 0.5) is 9.93 Å². The van der Waals surface area contributed by atoms with Crippen molar-refractivity contribution >= 4 is 22.5 Å². The third-order valence-electron chi connectivity index (χ3n) is 3.62. The fraction of sp³-hybridized carbons (Fsp3) is 0.786. The Kier molecular flexibility index (Phi) is 5.16. The van der Waals surface area contributed by atoms with Crippen molar-refractivity contribution in [1.29, 1.82) is 0 Å². The molecule has 7 heteroatoms. The molecule has 0 bridgehead atoms. The minimum absolute atomic E-state index is 0.0521. The smallest absolute Gasteiger partial charge is 0.321 e. The van der Waals surface area contributed by atoms with Crippen molar-refractivity contribution < 1.29 is 9.53 Å². The maximum Gasteiger partial charge on any atom is 0.321 e. The van der Waals surface area contributed by atoms with Crippen LogP contribution in [0.15, 0.2) is 0 Å². The Morgan fingerprint density at radius 2 is 2.00 bits per heavy atom. The van der Waals surface area contributed by atoms with E-state index in [0.29, 0.717) is 11.0 Å². The summed E-state index contributed by atoms with van der Waals surface area (Å²) in [5.74, 6) is 0.476. The van der Waals surface area contributed by atoms with Crippen LogP contribution in [0.25, 0.3) is 0 Å². The lowest BCUT2D eigenvalue weighted by molar-refractivity contribution is 0.0573. The summed E-state index contributed by atoms with van der Waals surface area (Å²) in [4.78, 5) is 12.0. The second-order valence-electron chi connectivity index (χ2n) is 6.50. The number of hydrogen-bond donors (Lipinski definition) is 2. The lowest BCUT2D eigenvalue weighted by Gasteiger charge is -2.28. The van der Waals surface area contributed by atoms with E-state index in [-0.39, 0.29) is 17.5 Å². The van der Waals surface area contributed by atoms with E-state index in [0.717, 1.165) is 31.1 Å². The van der Waals surface area contributed by atoms with Crippen LogP contribution in [0, 0.1) is 5.92 Å². The zero-order chi connectivity index (χ0) is 15.5. The van der Waals surface area contributed by atoms with Gasteiger partial charge >= 0.3 is 6.03 Å². The standard InChI is InChI=1S/C14H24N4O2S/c1-9(10-5-7-20-8-6-10)15-12(19)16-13-18-17-11(21-13)14(2,3)4/h9-10H,5-8H2,1-4H3,(H2,15,16,18,19). The molecule has 118 valence electrons. The SMILES string of the molecule is CC(NC(=O)Nc1nnc(C(C)(C)C)s1)C1CCOCC1. The Bertz CT molecular complexity index is 478. The molecule has 2 amide bonds. The fourth-order valence-electron chi connectivity index (χ4n) is 2.25. The van der Waals surface area contributed by atoms with Crippen molar-refractivity contribution in [2.45, 2.75) is 52.0 Å². The summed E-state index contributed by atoms with van der Waals surface area (Å²) in [6.45, 7) is 9.82. The van der Waals surface area contributed by atoms with E-state index < -0.39 is 0 Å². The van der Waals surface area contributed by atoms with Gasteiger partial charge in [0.1, 0.15) is 5.01 Å². The number of anilines is 1. The number of nitrogens with zero attached hydrogens (tertiary/aromatic N) is 2. The van der Waals surface area contributed by atoms with Gasteiger partial charge in [0, 0.05) is 24.7 Å². The van der Waals surface area contributed by atoms with E-state index in [1.807, 2.05) is 6.92 Å². The third kappa shape index (κ3) is 4.64. The average Bonchev–Trinajstić information content (AvgIpc) is 2.88. The van der Waals surface area contributed by atoms with Gasteiger partial charge in [-0.05, 0) is 25.7 Å². The molecule has 1 unspecified atom stereocenters. The first kappa shape index (κ1) is 16.2. The van der Waals surface area contributed by atoms with Crippen LogP contribution in [-0.4, -0.2) is 35.5 Å². The number of aromatic nitrogens is 2. The Labute approximate surface area is 129 Å². The summed E-state index contributed by atoms with van der Waals surface area (Å²) in [5.41, 5.74) is -0.0521. The first-order valence-electron chi connectivity index (χ1n) is 7.35. The maximum absolute atomic E-state index is 12.0. The lowest BCUT2D eigenvalue weighted by Crippen LogP contribution is -2.42. The quantitative estimate of drug-likeness (QED) is 0.900. The van der Waals surface area contributed by atoms with Crippen molar-refractivity contribution in [3.8, 4) is 0 Å². The third-order valence-corrected chi connectivity index (χ3v) is 4.88. The van der Waals surface area contributed by atoms with Gasteiger partial charge < -0.3 is 10.1 Å². The molecule has 0 radical (unpaired) electrons. The highest BCUT2D eigenvalue weighted by molar-refractivity contribution is 7.15. The molecule has 1 fully saturated rings. The Morgan fingerprint density at radius 3 is 2.57 bits per heavy atom. The molecule has 1 atom stereocenters. The van der Waals surface area contributed by atoms with E-state index in [2.05, 4.69) is 41.6 Å². The molecule has 1 aromatic rings. The fourth-order valence-corrected chi connectivity index (χ4v) is 3.05. The van der Waals surface area contributed by atoms with E-state index >= 15 is 0 Å². The number of ether oxygens (including phenoxy) is 1. The van der Waals surface area contributed by atoms with Crippen LogP contribution in [0.2, 0.25) is 0 Å². The number of urea groups is 1. The highest BCUT2D eigenvalue weighted by Crippen LogP contribution is 2.27. The van der Waals surface area contributed by atoms with E-state index in [1.165, 1.54) is 11.3 Å². The van der Waals surface area contributed by atoms with E-state index in [4.69, 9.17) is 4.74 Å². The molecule has 1 aromatic heterocycles. The normalized spacial score (nSPS) is 18.3. The summed E-state index contributed by atoms with van der Waals surface area (Å²) in [7, 11) is 0. The second-order valence-corrected chi connectivity index (χ2v) is 7.48. The molecule has 6 nitrogen and oxygen atoms in total. The minimum Gasteiger partial charge on any atom is -0.381 e. The van der Waals surface area contributed by atoms with Gasteiger partial charge in [0.05, 0.1) is 0 Å². The van der Waals surface area contributed by atoms with Crippen molar-refractivity contribution in [2.75, 3.05) is 18.5 Å². The molecule has 0 saturated carbocycles. The Hall–Kier alpha value is -1.21. The summed E-state index contributed by atoms with van der Waals surface area (Å²) in [5, 5.41) is 15.3. The number of nitrogens with one attached hydrogen (secondary N) is 2. The summed E-state index contributed by atoms with van der Waals surface area (Å²) in [6, 6.07) is -0.0884. The molecule has 0 spiro atoms. The molecule has 2 heterocycles. The van der Waals surface area contributed by atoms with Crippen LogP contribution in [-0.2, 0) is 10.2 Å². The molecular formula is C14H24N4O2S. The van der Waals surface area contributed by atoms with Crippen LogP contribution in [0.5, 0.6) is 0 Å². The minimum atomic E-state index is -0.217. The first-order valence-corrected chi connectivity index (χ1v) is 8.17. The van der Waals surface area contributed by atoms with Crippen molar-refractivity contribution in [3.63, 3.8) is 0 Å². The number of carbonyl (C=O) groups is 1. The zero-order valence-electron chi connectivity index (χ0n) is 13.1. The van der Waals surface area contributed by atoms with Crippen molar-refractivity contribution in [2.24, 2.45) is 5.92 Å². The van der Waals surface area contributed by atoms with Gasteiger partial charge in [-0.2, -0.15) is 0 Å². The number of rotatable bonds is 3. The zero-order valence-corrected chi connectivity index (χ0v) is 13.9. The first-order chi connectivity index (χ1) is 9.86. The van der Waals surface area contributed by atoms with Gasteiger partial charge in [-0.25, -0.2) is 4.79 Å². The van der Waals surface area contributed by atoms with Crippen LogP contribution in [0.3, 0.4) is 0 Å². The average molecular weight is 312 g/mol. The van der Waals surface area contributed by atoms with Crippen molar-refractivity contribution in [3.05, 3.63) is 5.01 Å². The number of amides is 2. The molecule has 2 rings (SSSR count). The molecule has 0 aromatic carbocycles. The molecule has 1 aliphatic rings. The van der Waals surface area contributed by atoms with Crippen LogP contribution >= 0.6 is 11.3 Å². The summed E-state index contributed by atoms with van der Waals surface area (Å²) in [6.07, 6.45) is 1.99. The predicted molar refractivity (Wildman–Crippen MR) is 83.8 cm³/mol. The monoisotopic (exact) mass is 312 g/mol. The number of hydrogen-bond acceptors (Lipinski definition) is 5. The largest absolute Gasteiger partial charge is 0.381 e. The molecular weight excluding hydrogens is 288 g/mol. The molecule has 0 aliphatic carbocycles. The van der Waals surface area contributed by atoms with Crippen molar-refractivity contribution in [1.82, 2.24) is 15.5 Å². The van der Waals surface area contributed by atoms with Gasteiger partial charge in [0.25, 0.3) is 0 Å².